The van der Waals surface area contributed by atoms with Crippen molar-refractivity contribution in [3.05, 3.63) is 54.1 Å². The number of likely N-dealkylation sites (N-methyl/N-ethyl adjacent to an activating group) is 1. The minimum atomic E-state index is -3.56. The summed E-state index contributed by atoms with van der Waals surface area (Å²) in [5.41, 5.74) is 2.68. The summed E-state index contributed by atoms with van der Waals surface area (Å²) in [6.07, 6.45) is 0. The maximum Gasteiger partial charge on any atom is 0.264 e. The van der Waals surface area contributed by atoms with E-state index in [0.717, 1.165) is 30.0 Å². The summed E-state index contributed by atoms with van der Waals surface area (Å²) < 4.78 is 27.9. The third kappa shape index (κ3) is 3.65. The number of fused-ring (bicyclic) bond motifs is 1. The van der Waals surface area contributed by atoms with Gasteiger partial charge in [-0.05, 0) is 50.8 Å². The summed E-state index contributed by atoms with van der Waals surface area (Å²) in [5, 5.41) is 0. The number of benzene rings is 2. The molecule has 0 aromatic heterocycles. The quantitative estimate of drug-likeness (QED) is 0.823. The summed E-state index contributed by atoms with van der Waals surface area (Å²) >= 11 is 0. The van der Waals surface area contributed by atoms with Crippen molar-refractivity contribution in [3.8, 4) is 0 Å². The van der Waals surface area contributed by atoms with Gasteiger partial charge >= 0.3 is 0 Å². The number of anilines is 2. The van der Waals surface area contributed by atoms with Crippen molar-refractivity contribution in [2.75, 3.05) is 49.5 Å². The van der Waals surface area contributed by atoms with E-state index in [-0.39, 0.29) is 0 Å². The lowest BCUT2D eigenvalue weighted by atomic mass is 10.2. The van der Waals surface area contributed by atoms with Crippen LogP contribution in [0.4, 0.5) is 11.4 Å². The third-order valence-electron chi connectivity index (χ3n) is 4.46. The second kappa shape index (κ2) is 7.06. The number of rotatable bonds is 5. The Bertz CT molecular complexity index is 849. The van der Waals surface area contributed by atoms with Crippen LogP contribution in [-0.4, -0.2) is 53.6 Å². The second-order valence-electron chi connectivity index (χ2n) is 6.67. The highest BCUT2D eigenvalue weighted by Gasteiger charge is 2.31. The average molecular weight is 359 g/mol. The first-order chi connectivity index (χ1) is 11.9. The van der Waals surface area contributed by atoms with E-state index in [2.05, 4.69) is 9.80 Å². The molecule has 0 aliphatic carbocycles. The smallest absolute Gasteiger partial charge is 0.264 e. The molecular formula is C19H25N3O2S. The molecule has 0 saturated carbocycles. The molecule has 3 rings (SSSR count). The van der Waals surface area contributed by atoms with E-state index in [4.69, 9.17) is 0 Å². The van der Waals surface area contributed by atoms with Crippen LogP contribution in [0.25, 0.3) is 0 Å². The van der Waals surface area contributed by atoms with Crippen molar-refractivity contribution in [2.24, 2.45) is 0 Å². The van der Waals surface area contributed by atoms with Gasteiger partial charge in [-0.25, -0.2) is 8.42 Å². The molecule has 1 aliphatic rings. The normalized spacial score (nSPS) is 14.7. The predicted octanol–water partition coefficient (Wildman–Crippen LogP) is 2.57. The molecule has 0 radical (unpaired) electrons. The maximum atomic E-state index is 13.2. The van der Waals surface area contributed by atoms with Crippen molar-refractivity contribution in [1.82, 2.24) is 4.90 Å². The van der Waals surface area contributed by atoms with E-state index in [1.807, 2.05) is 51.4 Å². The van der Waals surface area contributed by atoms with E-state index < -0.39 is 10.0 Å². The molecule has 1 heterocycles. The monoisotopic (exact) mass is 359 g/mol. The summed E-state index contributed by atoms with van der Waals surface area (Å²) in [4.78, 5) is 4.75. The van der Waals surface area contributed by atoms with Crippen molar-refractivity contribution >= 4 is 21.4 Å². The van der Waals surface area contributed by atoms with Gasteiger partial charge in [0.15, 0.2) is 0 Å². The summed E-state index contributed by atoms with van der Waals surface area (Å²) in [6.45, 7) is 4.87. The second-order valence-corrected chi connectivity index (χ2v) is 8.54. The lowest BCUT2D eigenvalue weighted by molar-refractivity contribution is 0.413. The van der Waals surface area contributed by atoms with E-state index in [9.17, 15) is 8.42 Å². The number of sulfonamides is 1. The minimum absolute atomic E-state index is 0.351. The SMILES string of the molecule is Cc1cccc(S(=O)(=O)N2CCN(CCN(C)C)c3ccccc32)c1. The topological polar surface area (TPSA) is 43.9 Å². The standard InChI is InChI=1S/C19H25N3O2S/c1-16-7-6-8-17(15-16)25(23,24)22-14-13-21(12-11-20(2)3)18-9-4-5-10-19(18)22/h4-10,15H,11-14H2,1-3H3. The van der Waals surface area contributed by atoms with Gasteiger partial charge < -0.3 is 9.80 Å². The van der Waals surface area contributed by atoms with Gasteiger partial charge in [-0.1, -0.05) is 24.3 Å². The molecular weight excluding hydrogens is 334 g/mol. The molecule has 0 bridgehead atoms. The van der Waals surface area contributed by atoms with Crippen LogP contribution in [0.5, 0.6) is 0 Å². The molecule has 2 aromatic rings. The highest BCUT2D eigenvalue weighted by Crippen LogP contribution is 2.36. The predicted molar refractivity (Wildman–Crippen MR) is 103 cm³/mol. The van der Waals surface area contributed by atoms with Gasteiger partial charge in [-0.2, -0.15) is 0 Å². The fourth-order valence-corrected chi connectivity index (χ4v) is 4.68. The van der Waals surface area contributed by atoms with E-state index in [1.165, 1.54) is 0 Å². The van der Waals surface area contributed by atoms with Crippen LogP contribution in [0, 0.1) is 6.92 Å². The molecule has 0 unspecified atom stereocenters. The van der Waals surface area contributed by atoms with Gasteiger partial charge in [0, 0.05) is 19.6 Å². The molecule has 0 atom stereocenters. The Kier molecular flexibility index (Phi) is 5.01. The van der Waals surface area contributed by atoms with Crippen molar-refractivity contribution in [3.63, 3.8) is 0 Å². The van der Waals surface area contributed by atoms with Crippen LogP contribution in [0.15, 0.2) is 53.4 Å². The summed E-state index contributed by atoms with van der Waals surface area (Å²) in [5.74, 6) is 0. The molecule has 25 heavy (non-hydrogen) atoms. The van der Waals surface area contributed by atoms with Crippen LogP contribution < -0.4 is 9.21 Å². The van der Waals surface area contributed by atoms with Gasteiger partial charge in [0.1, 0.15) is 0 Å². The van der Waals surface area contributed by atoms with Crippen LogP contribution in [0.3, 0.4) is 0 Å². The minimum Gasteiger partial charge on any atom is -0.367 e. The van der Waals surface area contributed by atoms with Crippen molar-refractivity contribution < 1.29 is 8.42 Å². The van der Waals surface area contributed by atoms with Gasteiger partial charge in [0.2, 0.25) is 0 Å². The van der Waals surface area contributed by atoms with Crippen LogP contribution in [0.1, 0.15) is 5.56 Å². The molecule has 0 amide bonds. The number of hydrogen-bond donors (Lipinski definition) is 0. The van der Waals surface area contributed by atoms with E-state index >= 15 is 0 Å². The third-order valence-corrected chi connectivity index (χ3v) is 6.27. The Labute approximate surface area is 150 Å². The number of nitrogens with zero attached hydrogens (tertiary/aromatic N) is 3. The first-order valence-corrected chi connectivity index (χ1v) is 9.92. The Morgan fingerprint density at radius 1 is 1.00 bits per heavy atom. The number of para-hydroxylation sites is 2. The zero-order valence-corrected chi connectivity index (χ0v) is 15.8. The highest BCUT2D eigenvalue weighted by atomic mass is 32.2. The van der Waals surface area contributed by atoms with E-state index in [0.29, 0.717) is 18.0 Å². The largest absolute Gasteiger partial charge is 0.367 e. The zero-order chi connectivity index (χ0) is 18.0. The Morgan fingerprint density at radius 2 is 1.72 bits per heavy atom. The first-order valence-electron chi connectivity index (χ1n) is 8.48. The molecule has 134 valence electrons. The molecule has 0 saturated heterocycles. The van der Waals surface area contributed by atoms with Gasteiger partial charge in [-0.3, -0.25) is 4.31 Å². The molecule has 2 aromatic carbocycles. The lowest BCUT2D eigenvalue weighted by Gasteiger charge is -2.38. The molecule has 0 N–H and O–H groups in total. The van der Waals surface area contributed by atoms with Crippen molar-refractivity contribution in [2.45, 2.75) is 11.8 Å². The van der Waals surface area contributed by atoms with E-state index in [1.54, 1.807) is 22.5 Å². The molecule has 1 aliphatic heterocycles. The zero-order valence-electron chi connectivity index (χ0n) is 15.0. The Hall–Kier alpha value is -2.05. The average Bonchev–Trinajstić information content (AvgIpc) is 2.59. The van der Waals surface area contributed by atoms with Crippen LogP contribution in [-0.2, 0) is 10.0 Å². The fraction of sp³-hybridized carbons (Fsp3) is 0.368. The molecule has 6 heteroatoms. The lowest BCUT2D eigenvalue weighted by Crippen LogP contribution is -2.45. The highest BCUT2D eigenvalue weighted by molar-refractivity contribution is 7.92. The molecule has 0 spiro atoms. The summed E-state index contributed by atoms with van der Waals surface area (Å²) in [6, 6.07) is 14.9. The van der Waals surface area contributed by atoms with Crippen LogP contribution >= 0.6 is 0 Å². The van der Waals surface area contributed by atoms with Gasteiger partial charge in [-0.15, -0.1) is 0 Å². The number of hydrogen-bond acceptors (Lipinski definition) is 4. The molecule has 0 fully saturated rings. The van der Waals surface area contributed by atoms with Crippen LogP contribution in [0.2, 0.25) is 0 Å². The summed E-state index contributed by atoms with van der Waals surface area (Å²) in [7, 11) is 0.536. The maximum absolute atomic E-state index is 13.2. The Balaban J connectivity index is 1.97. The van der Waals surface area contributed by atoms with Gasteiger partial charge in [0.25, 0.3) is 10.0 Å². The number of aryl methyl sites for hydroxylation is 1. The fourth-order valence-electron chi connectivity index (χ4n) is 3.10. The molecule has 5 nitrogen and oxygen atoms in total. The Morgan fingerprint density at radius 3 is 2.40 bits per heavy atom. The van der Waals surface area contributed by atoms with Gasteiger partial charge in [0.05, 0.1) is 22.8 Å². The first kappa shape index (κ1) is 17.8. The van der Waals surface area contributed by atoms with Crippen molar-refractivity contribution in [1.29, 1.82) is 0 Å².